The molecule has 0 spiro atoms. The average Bonchev–Trinajstić information content (AvgIpc) is 2.13. The minimum absolute atomic E-state index is 0.585. The molecule has 0 bridgehead atoms. The van der Waals surface area contributed by atoms with Crippen LogP contribution in [0.1, 0.15) is 5.76 Å². The summed E-state index contributed by atoms with van der Waals surface area (Å²) in [5.41, 5.74) is 0. The van der Waals surface area contributed by atoms with Gasteiger partial charge in [-0.2, -0.15) is 0 Å². The van der Waals surface area contributed by atoms with Crippen LogP contribution in [0.2, 0.25) is 0 Å². The molecule has 0 amide bonds. The molecule has 0 aliphatic rings. The van der Waals surface area contributed by atoms with Crippen LogP contribution in [-0.2, 0) is 0 Å². The van der Waals surface area contributed by atoms with E-state index in [4.69, 9.17) is 4.42 Å². The minimum atomic E-state index is 0.585. The maximum atomic E-state index is 10.4. The molecule has 0 unspecified atom stereocenters. The molecule has 0 atom stereocenters. The molecule has 1 heterocycles. The molecule has 0 N–H and O–H groups in total. The molecule has 4 heteroatoms. The predicted octanol–water partition coefficient (Wildman–Crippen LogP) is 1.44. The van der Waals surface area contributed by atoms with E-state index in [0.717, 1.165) is 3.77 Å². The van der Waals surface area contributed by atoms with Crippen molar-refractivity contribution < 1.29 is 9.16 Å². The molecule has 3 nitrogen and oxygen atoms in total. The van der Waals surface area contributed by atoms with E-state index in [1.165, 1.54) is 13.3 Å². The van der Waals surface area contributed by atoms with Crippen molar-refractivity contribution in [3.8, 4) is 0 Å². The Balaban J connectivity index is 2.86. The van der Waals surface area contributed by atoms with Crippen molar-refractivity contribution in [2.45, 2.75) is 0 Å². The van der Waals surface area contributed by atoms with E-state index in [0.29, 0.717) is 10.5 Å². The number of nitrogens with zero attached hydrogens (tertiary/aromatic N) is 1. The van der Waals surface area contributed by atoms with Crippen LogP contribution in [0.25, 0.3) is 0 Å². The van der Waals surface area contributed by atoms with E-state index in [1.54, 1.807) is 12.1 Å². The van der Waals surface area contributed by atoms with Gasteiger partial charge in [0, 0.05) is 0 Å². The monoisotopic (exact) mass is 251 g/mol. The van der Waals surface area contributed by atoms with Crippen LogP contribution in [0.15, 0.2) is 16.5 Å². The molecule has 0 aliphatic carbocycles. The van der Waals surface area contributed by atoms with Gasteiger partial charge in [-0.25, -0.2) is 4.74 Å². The average molecular weight is 251 g/mol. The van der Waals surface area contributed by atoms with Crippen LogP contribution in [0, 0.1) is 8.97 Å². The fraction of sp³-hybridized carbons (Fsp3) is 0.167. The molecule has 1 aromatic rings. The molecule has 0 aliphatic heterocycles. The van der Waals surface area contributed by atoms with Gasteiger partial charge < -0.3 is 9.62 Å². The quantitative estimate of drug-likeness (QED) is 0.249. The first-order chi connectivity index (χ1) is 4.68. The van der Waals surface area contributed by atoms with Gasteiger partial charge in [-0.3, -0.25) is 0 Å². The summed E-state index contributed by atoms with van der Waals surface area (Å²) in [5, 5.41) is 10.4. The second kappa shape index (κ2) is 3.05. The van der Waals surface area contributed by atoms with E-state index in [1.807, 2.05) is 22.6 Å². The Morgan fingerprint density at radius 1 is 1.70 bits per heavy atom. The van der Waals surface area contributed by atoms with E-state index < -0.39 is 0 Å². The highest BCUT2D eigenvalue weighted by Crippen LogP contribution is 2.07. The van der Waals surface area contributed by atoms with Crippen LogP contribution < -0.4 is 0 Å². The van der Waals surface area contributed by atoms with Gasteiger partial charge in [-0.05, 0) is 34.7 Å². The number of rotatable bonds is 1. The van der Waals surface area contributed by atoms with Gasteiger partial charge >= 0.3 is 0 Å². The van der Waals surface area contributed by atoms with Crippen molar-refractivity contribution in [2.24, 2.45) is 0 Å². The Labute approximate surface area is 72.1 Å². The predicted molar refractivity (Wildman–Crippen MR) is 46.1 cm³/mol. The molecule has 0 saturated carbocycles. The highest BCUT2D eigenvalue weighted by atomic mass is 127. The zero-order valence-corrected chi connectivity index (χ0v) is 7.53. The Morgan fingerprint density at radius 3 is 2.80 bits per heavy atom. The highest BCUT2D eigenvalue weighted by molar-refractivity contribution is 14.1. The smallest absolute Gasteiger partial charge is 0.217 e. The maximum absolute atomic E-state index is 10.4. The summed E-state index contributed by atoms with van der Waals surface area (Å²) in [6.07, 6.45) is 1.38. The number of furan rings is 1. The summed E-state index contributed by atoms with van der Waals surface area (Å²) in [6.45, 7) is 0. The molecule has 54 valence electrons. The molecule has 0 aromatic carbocycles. The minimum Gasteiger partial charge on any atom is -0.624 e. The first-order valence-electron chi connectivity index (χ1n) is 2.68. The van der Waals surface area contributed by atoms with Gasteiger partial charge in [0.05, 0.1) is 0 Å². The molecule has 0 radical (unpaired) electrons. The Bertz CT molecular complexity index is 250. The van der Waals surface area contributed by atoms with Crippen LogP contribution in [0.5, 0.6) is 0 Å². The second-order valence-corrected chi connectivity index (χ2v) is 2.88. The first kappa shape index (κ1) is 7.59. The third-order valence-corrected chi connectivity index (χ3v) is 1.48. The molecule has 0 fully saturated rings. The third kappa shape index (κ3) is 2.02. The van der Waals surface area contributed by atoms with Crippen LogP contribution in [0.3, 0.4) is 0 Å². The topological polar surface area (TPSA) is 39.2 Å². The molecular formula is C6H6INO2. The van der Waals surface area contributed by atoms with Crippen molar-refractivity contribution >= 4 is 28.8 Å². The number of hydrogen-bond acceptors (Lipinski definition) is 2. The summed E-state index contributed by atoms with van der Waals surface area (Å²) in [6, 6.07) is 3.55. The third-order valence-electron chi connectivity index (χ3n) is 0.903. The van der Waals surface area contributed by atoms with Gasteiger partial charge in [-0.15, -0.1) is 0 Å². The summed E-state index contributed by atoms with van der Waals surface area (Å²) in [7, 11) is 1.41. The van der Waals surface area contributed by atoms with Crippen molar-refractivity contribution in [1.29, 1.82) is 0 Å². The highest BCUT2D eigenvalue weighted by Gasteiger charge is 1.96. The maximum Gasteiger partial charge on any atom is 0.217 e. The lowest BCUT2D eigenvalue weighted by atomic mass is 10.5. The van der Waals surface area contributed by atoms with Gasteiger partial charge in [0.25, 0.3) is 0 Å². The van der Waals surface area contributed by atoms with Crippen molar-refractivity contribution in [2.75, 3.05) is 7.05 Å². The van der Waals surface area contributed by atoms with Crippen molar-refractivity contribution in [3.05, 3.63) is 26.9 Å². The Morgan fingerprint density at radius 2 is 2.40 bits per heavy atom. The zero-order chi connectivity index (χ0) is 7.56. The second-order valence-electron chi connectivity index (χ2n) is 1.82. The van der Waals surface area contributed by atoms with Crippen molar-refractivity contribution in [1.82, 2.24) is 0 Å². The van der Waals surface area contributed by atoms with Gasteiger partial charge in [0.2, 0.25) is 6.21 Å². The molecule has 1 rings (SSSR count). The lowest BCUT2D eigenvalue weighted by molar-refractivity contribution is -0.417. The zero-order valence-electron chi connectivity index (χ0n) is 5.37. The number of hydroxylamine groups is 1. The van der Waals surface area contributed by atoms with Gasteiger partial charge in [0.1, 0.15) is 7.05 Å². The fourth-order valence-electron chi connectivity index (χ4n) is 0.577. The Kier molecular flexibility index (Phi) is 2.31. The fourth-order valence-corrected chi connectivity index (χ4v) is 1.01. The SMILES string of the molecule is C[N+]([O-])=Cc1ccc(I)o1. The summed E-state index contributed by atoms with van der Waals surface area (Å²) in [5.74, 6) is 0.585. The molecular weight excluding hydrogens is 245 g/mol. The van der Waals surface area contributed by atoms with Crippen LogP contribution in [0.4, 0.5) is 0 Å². The largest absolute Gasteiger partial charge is 0.624 e. The van der Waals surface area contributed by atoms with Crippen molar-refractivity contribution in [3.63, 3.8) is 0 Å². The normalized spacial score (nSPS) is 12.0. The van der Waals surface area contributed by atoms with Gasteiger partial charge in [0.15, 0.2) is 9.53 Å². The van der Waals surface area contributed by atoms with Gasteiger partial charge in [-0.1, -0.05) is 0 Å². The first-order valence-corrected chi connectivity index (χ1v) is 3.76. The summed E-state index contributed by atoms with van der Waals surface area (Å²) >= 11 is 2.04. The van der Waals surface area contributed by atoms with E-state index in [9.17, 15) is 5.21 Å². The van der Waals surface area contributed by atoms with Crippen LogP contribution in [-0.4, -0.2) is 18.0 Å². The standard InChI is InChI=1S/C6H6INO2/c1-8(9)4-5-2-3-6(7)10-5/h2-4H,1H3. The van der Waals surface area contributed by atoms with E-state index in [2.05, 4.69) is 0 Å². The number of hydrogen-bond donors (Lipinski definition) is 0. The molecule has 0 saturated heterocycles. The Hall–Kier alpha value is -0.520. The lowest BCUT2D eigenvalue weighted by Crippen LogP contribution is -1.95. The molecule has 1 aromatic heterocycles. The van der Waals surface area contributed by atoms with Crippen LogP contribution >= 0.6 is 22.6 Å². The molecule has 10 heavy (non-hydrogen) atoms. The number of halogens is 1. The lowest BCUT2D eigenvalue weighted by Gasteiger charge is -1.90. The van der Waals surface area contributed by atoms with E-state index >= 15 is 0 Å². The van der Waals surface area contributed by atoms with E-state index in [-0.39, 0.29) is 0 Å². The summed E-state index contributed by atoms with van der Waals surface area (Å²) in [4.78, 5) is 0. The summed E-state index contributed by atoms with van der Waals surface area (Å²) < 4.78 is 6.57.